The first-order chi connectivity index (χ1) is 10.1. The van der Waals surface area contributed by atoms with Crippen LogP contribution in [0.25, 0.3) is 0 Å². The predicted octanol–water partition coefficient (Wildman–Crippen LogP) is 2.43. The van der Waals surface area contributed by atoms with Gasteiger partial charge >= 0.3 is 0 Å². The summed E-state index contributed by atoms with van der Waals surface area (Å²) in [5, 5.41) is 0. The normalized spacial score (nSPS) is 14.7. The number of ether oxygens (including phenoxy) is 1. The molecule has 0 radical (unpaired) electrons. The van der Waals surface area contributed by atoms with Gasteiger partial charge in [0.15, 0.2) is 0 Å². The van der Waals surface area contributed by atoms with Crippen molar-refractivity contribution in [1.29, 1.82) is 0 Å². The molecule has 1 fully saturated rings. The van der Waals surface area contributed by atoms with E-state index in [9.17, 15) is 9.18 Å². The highest BCUT2D eigenvalue weighted by Gasteiger charge is 2.32. The summed E-state index contributed by atoms with van der Waals surface area (Å²) in [4.78, 5) is 17.9. The molecule has 0 bridgehead atoms. The molecule has 108 valence electrons. The maximum atomic E-state index is 12.8. The third kappa shape index (κ3) is 3.02. The minimum Gasteiger partial charge on any atom is -0.487 e. The predicted molar refractivity (Wildman–Crippen MR) is 75.7 cm³/mol. The number of rotatable bonds is 3. The van der Waals surface area contributed by atoms with Crippen LogP contribution < -0.4 is 4.74 Å². The van der Waals surface area contributed by atoms with Crippen molar-refractivity contribution in [3.63, 3.8) is 0 Å². The van der Waals surface area contributed by atoms with Crippen molar-refractivity contribution < 1.29 is 13.9 Å². The summed E-state index contributed by atoms with van der Waals surface area (Å²) in [5.41, 5.74) is 1.39. The molecule has 2 heterocycles. The van der Waals surface area contributed by atoms with Gasteiger partial charge in [0.05, 0.1) is 13.1 Å². The van der Waals surface area contributed by atoms with E-state index in [1.54, 1.807) is 17.2 Å². The Kier molecular flexibility index (Phi) is 3.56. The average molecular weight is 286 g/mol. The molecule has 1 aromatic carbocycles. The SMILES string of the molecule is Cc1cc(OC2CN(C(=O)c3ccc(F)cc3)C2)ccn1. The molecule has 3 rings (SSSR count). The van der Waals surface area contributed by atoms with Crippen LogP contribution in [-0.4, -0.2) is 35.0 Å². The lowest BCUT2D eigenvalue weighted by Crippen LogP contribution is -2.56. The van der Waals surface area contributed by atoms with E-state index in [0.29, 0.717) is 18.7 Å². The zero-order chi connectivity index (χ0) is 14.8. The van der Waals surface area contributed by atoms with Crippen LogP contribution in [0.1, 0.15) is 16.1 Å². The number of hydrogen-bond donors (Lipinski definition) is 0. The number of aromatic nitrogens is 1. The maximum Gasteiger partial charge on any atom is 0.254 e. The van der Waals surface area contributed by atoms with Gasteiger partial charge in [-0.25, -0.2) is 4.39 Å². The number of aryl methyl sites for hydroxylation is 1. The molecule has 1 aromatic heterocycles. The van der Waals surface area contributed by atoms with Crippen molar-refractivity contribution in [2.75, 3.05) is 13.1 Å². The molecule has 0 unspecified atom stereocenters. The Morgan fingerprint density at radius 3 is 2.67 bits per heavy atom. The van der Waals surface area contributed by atoms with Crippen LogP contribution in [0.4, 0.5) is 4.39 Å². The molecule has 0 aliphatic carbocycles. The van der Waals surface area contributed by atoms with E-state index in [0.717, 1.165) is 11.4 Å². The molecule has 1 saturated heterocycles. The van der Waals surface area contributed by atoms with Crippen LogP contribution in [-0.2, 0) is 0 Å². The van der Waals surface area contributed by atoms with E-state index in [2.05, 4.69) is 4.98 Å². The van der Waals surface area contributed by atoms with Crippen LogP contribution in [0.2, 0.25) is 0 Å². The molecular weight excluding hydrogens is 271 g/mol. The number of pyridine rings is 1. The molecule has 21 heavy (non-hydrogen) atoms. The number of benzene rings is 1. The Balaban J connectivity index is 1.56. The second-order valence-corrected chi connectivity index (χ2v) is 5.09. The van der Waals surface area contributed by atoms with E-state index in [1.807, 2.05) is 13.0 Å². The van der Waals surface area contributed by atoms with Crippen molar-refractivity contribution in [1.82, 2.24) is 9.88 Å². The van der Waals surface area contributed by atoms with Gasteiger partial charge in [0.2, 0.25) is 0 Å². The van der Waals surface area contributed by atoms with Gasteiger partial charge in [-0.05, 0) is 37.3 Å². The number of carbonyl (C=O) groups excluding carboxylic acids is 1. The van der Waals surface area contributed by atoms with E-state index in [1.165, 1.54) is 24.3 Å². The smallest absolute Gasteiger partial charge is 0.254 e. The summed E-state index contributed by atoms with van der Waals surface area (Å²) in [6, 6.07) is 9.25. The van der Waals surface area contributed by atoms with Gasteiger partial charge in [-0.15, -0.1) is 0 Å². The van der Waals surface area contributed by atoms with Gasteiger partial charge in [0.25, 0.3) is 5.91 Å². The summed E-state index contributed by atoms with van der Waals surface area (Å²) in [7, 11) is 0. The molecule has 2 aromatic rings. The van der Waals surface area contributed by atoms with Crippen LogP contribution in [0, 0.1) is 12.7 Å². The topological polar surface area (TPSA) is 42.4 Å². The first kappa shape index (κ1) is 13.5. The summed E-state index contributed by atoms with van der Waals surface area (Å²) in [6.07, 6.45) is 1.70. The average Bonchev–Trinajstić information content (AvgIpc) is 2.42. The van der Waals surface area contributed by atoms with Crippen molar-refractivity contribution >= 4 is 5.91 Å². The molecule has 5 heteroatoms. The Hall–Kier alpha value is -2.43. The molecule has 0 saturated carbocycles. The largest absolute Gasteiger partial charge is 0.487 e. The fourth-order valence-electron chi connectivity index (χ4n) is 2.24. The van der Waals surface area contributed by atoms with Crippen molar-refractivity contribution in [2.45, 2.75) is 13.0 Å². The highest BCUT2D eigenvalue weighted by atomic mass is 19.1. The molecule has 1 aliphatic heterocycles. The Labute approximate surface area is 122 Å². The standard InChI is InChI=1S/C16H15FN2O2/c1-11-8-14(6-7-18-11)21-15-9-19(10-15)16(20)12-2-4-13(17)5-3-12/h2-8,15H,9-10H2,1H3. The minimum atomic E-state index is -0.343. The van der Waals surface area contributed by atoms with Crippen LogP contribution in [0.15, 0.2) is 42.6 Å². The lowest BCUT2D eigenvalue weighted by Gasteiger charge is -2.39. The van der Waals surface area contributed by atoms with Gasteiger partial charge < -0.3 is 9.64 Å². The number of carbonyl (C=O) groups is 1. The fourth-order valence-corrected chi connectivity index (χ4v) is 2.24. The maximum absolute atomic E-state index is 12.8. The van der Waals surface area contributed by atoms with Gasteiger partial charge in [0.1, 0.15) is 17.7 Å². The summed E-state index contributed by atoms with van der Waals surface area (Å²) in [6.45, 7) is 2.98. The van der Waals surface area contributed by atoms with E-state index in [4.69, 9.17) is 4.74 Å². The van der Waals surface area contributed by atoms with E-state index in [-0.39, 0.29) is 17.8 Å². The van der Waals surface area contributed by atoms with Gasteiger partial charge in [-0.3, -0.25) is 9.78 Å². The Morgan fingerprint density at radius 2 is 2.00 bits per heavy atom. The minimum absolute atomic E-state index is 0.00352. The van der Waals surface area contributed by atoms with Crippen molar-refractivity contribution in [3.05, 3.63) is 59.7 Å². The second-order valence-electron chi connectivity index (χ2n) is 5.09. The summed E-state index contributed by atoms with van der Waals surface area (Å²) in [5.74, 6) is 0.326. The zero-order valence-electron chi connectivity index (χ0n) is 11.6. The quantitative estimate of drug-likeness (QED) is 0.870. The number of likely N-dealkylation sites (tertiary alicyclic amines) is 1. The second kappa shape index (κ2) is 5.52. The lowest BCUT2D eigenvalue weighted by atomic mass is 10.1. The number of halogens is 1. The number of amides is 1. The van der Waals surface area contributed by atoms with Gasteiger partial charge in [0, 0.05) is 23.5 Å². The summed E-state index contributed by atoms with van der Waals surface area (Å²) < 4.78 is 18.6. The molecule has 1 amide bonds. The molecule has 0 atom stereocenters. The molecule has 0 spiro atoms. The monoisotopic (exact) mass is 286 g/mol. The molecule has 0 N–H and O–H groups in total. The Bertz CT molecular complexity index is 652. The van der Waals surface area contributed by atoms with E-state index < -0.39 is 0 Å². The molecular formula is C16H15FN2O2. The van der Waals surface area contributed by atoms with Gasteiger partial charge in [-0.1, -0.05) is 0 Å². The van der Waals surface area contributed by atoms with Gasteiger partial charge in [-0.2, -0.15) is 0 Å². The first-order valence-corrected chi connectivity index (χ1v) is 6.76. The molecule has 1 aliphatic rings. The number of nitrogens with zero attached hydrogens (tertiary/aromatic N) is 2. The van der Waals surface area contributed by atoms with Crippen LogP contribution in [0.3, 0.4) is 0 Å². The first-order valence-electron chi connectivity index (χ1n) is 6.76. The Morgan fingerprint density at radius 1 is 1.29 bits per heavy atom. The van der Waals surface area contributed by atoms with Crippen LogP contribution >= 0.6 is 0 Å². The van der Waals surface area contributed by atoms with Crippen molar-refractivity contribution in [3.8, 4) is 5.75 Å². The van der Waals surface area contributed by atoms with E-state index >= 15 is 0 Å². The van der Waals surface area contributed by atoms with Crippen LogP contribution in [0.5, 0.6) is 5.75 Å². The highest BCUT2D eigenvalue weighted by molar-refractivity contribution is 5.94. The summed E-state index contributed by atoms with van der Waals surface area (Å²) >= 11 is 0. The highest BCUT2D eigenvalue weighted by Crippen LogP contribution is 2.20. The molecule has 4 nitrogen and oxygen atoms in total. The fraction of sp³-hybridized carbons (Fsp3) is 0.250. The zero-order valence-corrected chi connectivity index (χ0v) is 11.6. The van der Waals surface area contributed by atoms with Crippen molar-refractivity contribution in [2.24, 2.45) is 0 Å². The lowest BCUT2D eigenvalue weighted by molar-refractivity contribution is 0.0177. The third-order valence-electron chi connectivity index (χ3n) is 3.40. The number of hydrogen-bond acceptors (Lipinski definition) is 3. The third-order valence-corrected chi connectivity index (χ3v) is 3.40.